The zero-order valence-electron chi connectivity index (χ0n) is 10.6. The first-order chi connectivity index (χ1) is 8.38. The molecule has 1 atom stereocenters. The lowest BCUT2D eigenvalue weighted by Crippen LogP contribution is -2.38. The van der Waals surface area contributed by atoms with Crippen LogP contribution in [0.3, 0.4) is 0 Å². The molecule has 0 amide bonds. The van der Waals surface area contributed by atoms with Crippen LogP contribution in [0.1, 0.15) is 35.7 Å². The van der Waals surface area contributed by atoms with E-state index in [1.807, 2.05) is 19.9 Å². The van der Waals surface area contributed by atoms with Crippen molar-refractivity contribution in [2.45, 2.75) is 25.8 Å². The lowest BCUT2D eigenvalue weighted by Gasteiger charge is -2.13. The Hall–Kier alpha value is -1.88. The number of benzene rings is 1. The topological polar surface area (TPSA) is 89.6 Å². The predicted molar refractivity (Wildman–Crippen MR) is 67.0 cm³/mol. The van der Waals surface area contributed by atoms with E-state index in [-0.39, 0.29) is 11.5 Å². The number of carboxylic acid groups (broad SMARTS) is 1. The van der Waals surface area contributed by atoms with Gasteiger partial charge in [-0.3, -0.25) is 9.59 Å². The Bertz CT molecular complexity index is 468. The van der Waals surface area contributed by atoms with Crippen LogP contribution in [-0.2, 0) is 4.79 Å². The molecule has 1 rings (SSSR count). The van der Waals surface area contributed by atoms with Gasteiger partial charge >= 0.3 is 5.97 Å². The molecule has 0 aromatic heterocycles. The van der Waals surface area contributed by atoms with Gasteiger partial charge in [-0.1, -0.05) is 19.9 Å². The molecule has 5 nitrogen and oxygen atoms in total. The highest BCUT2D eigenvalue weighted by Crippen LogP contribution is 2.25. The van der Waals surface area contributed by atoms with Crippen LogP contribution in [0.4, 0.5) is 0 Å². The number of nitrogens with two attached hydrogens (primary N) is 1. The third kappa shape index (κ3) is 2.87. The van der Waals surface area contributed by atoms with Crippen molar-refractivity contribution in [3.63, 3.8) is 0 Å². The van der Waals surface area contributed by atoms with Crippen molar-refractivity contribution in [2.24, 2.45) is 5.73 Å². The molecular weight excluding hydrogens is 234 g/mol. The zero-order chi connectivity index (χ0) is 13.9. The quantitative estimate of drug-likeness (QED) is 0.610. The fourth-order valence-electron chi connectivity index (χ4n) is 1.56. The standard InChI is InChI=1S/C13H17NO4/c1-7(2)8-4-5-10(18-3)9(6-8)12(15)11(14)13(16)17/h4-7,11H,14H2,1-3H3,(H,16,17). The van der Waals surface area contributed by atoms with Gasteiger partial charge in [-0.05, 0) is 23.6 Å². The van der Waals surface area contributed by atoms with E-state index < -0.39 is 17.8 Å². The van der Waals surface area contributed by atoms with Crippen molar-refractivity contribution in [3.05, 3.63) is 29.3 Å². The second kappa shape index (κ2) is 5.64. The molecule has 0 fully saturated rings. The van der Waals surface area contributed by atoms with Gasteiger partial charge in [0, 0.05) is 0 Å². The molecule has 0 heterocycles. The monoisotopic (exact) mass is 251 g/mol. The van der Waals surface area contributed by atoms with Crippen molar-refractivity contribution >= 4 is 11.8 Å². The Balaban J connectivity index is 3.23. The van der Waals surface area contributed by atoms with Crippen molar-refractivity contribution in [1.82, 2.24) is 0 Å². The molecule has 0 bridgehead atoms. The number of carbonyl (C=O) groups is 2. The van der Waals surface area contributed by atoms with Gasteiger partial charge in [0.15, 0.2) is 11.8 Å². The van der Waals surface area contributed by atoms with Crippen LogP contribution in [0.25, 0.3) is 0 Å². The number of methoxy groups -OCH3 is 1. The van der Waals surface area contributed by atoms with Gasteiger partial charge in [-0.2, -0.15) is 0 Å². The van der Waals surface area contributed by atoms with Crippen LogP contribution in [0.5, 0.6) is 5.75 Å². The van der Waals surface area contributed by atoms with Gasteiger partial charge in [0.1, 0.15) is 5.75 Å². The number of hydrogen-bond acceptors (Lipinski definition) is 4. The lowest BCUT2D eigenvalue weighted by molar-refractivity contribution is -0.137. The summed E-state index contributed by atoms with van der Waals surface area (Å²) in [5.74, 6) is -1.44. The molecule has 0 saturated carbocycles. The number of aliphatic carboxylic acids is 1. The molecule has 3 N–H and O–H groups in total. The molecule has 1 aromatic carbocycles. The first-order valence-corrected chi connectivity index (χ1v) is 5.59. The van der Waals surface area contributed by atoms with E-state index >= 15 is 0 Å². The Morgan fingerprint density at radius 3 is 2.39 bits per heavy atom. The molecule has 0 aliphatic carbocycles. The summed E-state index contributed by atoms with van der Waals surface area (Å²) < 4.78 is 5.06. The molecule has 1 unspecified atom stereocenters. The number of hydrogen-bond donors (Lipinski definition) is 2. The predicted octanol–water partition coefficient (Wildman–Crippen LogP) is 1.41. The summed E-state index contributed by atoms with van der Waals surface area (Å²) in [5, 5.41) is 8.77. The first kappa shape index (κ1) is 14.2. The molecule has 0 aliphatic rings. The highest BCUT2D eigenvalue weighted by molar-refractivity contribution is 6.12. The average molecular weight is 251 g/mol. The third-order valence-electron chi connectivity index (χ3n) is 2.70. The summed E-state index contributed by atoms with van der Waals surface area (Å²) in [6.45, 7) is 3.96. The molecule has 0 spiro atoms. The molecule has 0 saturated heterocycles. The minimum Gasteiger partial charge on any atom is -0.496 e. The van der Waals surface area contributed by atoms with Crippen LogP contribution < -0.4 is 10.5 Å². The average Bonchev–Trinajstić information content (AvgIpc) is 2.35. The largest absolute Gasteiger partial charge is 0.496 e. The fraction of sp³-hybridized carbons (Fsp3) is 0.385. The van der Waals surface area contributed by atoms with Gasteiger partial charge in [-0.25, -0.2) is 0 Å². The van der Waals surface area contributed by atoms with Crippen molar-refractivity contribution in [2.75, 3.05) is 7.11 Å². The fourth-order valence-corrected chi connectivity index (χ4v) is 1.56. The molecule has 1 aromatic rings. The molecular formula is C13H17NO4. The zero-order valence-corrected chi connectivity index (χ0v) is 10.6. The minimum absolute atomic E-state index is 0.207. The van der Waals surface area contributed by atoms with E-state index in [0.717, 1.165) is 5.56 Å². The Morgan fingerprint density at radius 1 is 1.33 bits per heavy atom. The summed E-state index contributed by atoms with van der Waals surface area (Å²) in [7, 11) is 1.42. The number of rotatable bonds is 5. The summed E-state index contributed by atoms with van der Waals surface area (Å²) >= 11 is 0. The molecule has 0 radical (unpaired) electrons. The van der Waals surface area contributed by atoms with Crippen LogP contribution >= 0.6 is 0 Å². The summed E-state index contributed by atoms with van der Waals surface area (Å²) in [6, 6.07) is 3.56. The molecule has 5 heteroatoms. The first-order valence-electron chi connectivity index (χ1n) is 5.59. The van der Waals surface area contributed by atoms with Gasteiger partial charge in [0.2, 0.25) is 0 Å². The lowest BCUT2D eigenvalue weighted by atomic mass is 9.96. The number of ketones is 1. The second-order valence-corrected chi connectivity index (χ2v) is 4.29. The van der Waals surface area contributed by atoms with Crippen molar-refractivity contribution in [1.29, 1.82) is 0 Å². The second-order valence-electron chi connectivity index (χ2n) is 4.29. The smallest absolute Gasteiger partial charge is 0.328 e. The normalized spacial score (nSPS) is 12.3. The van der Waals surface area contributed by atoms with Crippen LogP contribution in [0.15, 0.2) is 18.2 Å². The minimum atomic E-state index is -1.57. The number of carbonyl (C=O) groups excluding carboxylic acids is 1. The highest BCUT2D eigenvalue weighted by Gasteiger charge is 2.25. The van der Waals surface area contributed by atoms with Crippen LogP contribution in [-0.4, -0.2) is 30.0 Å². The SMILES string of the molecule is COc1ccc(C(C)C)cc1C(=O)C(N)C(=O)O. The number of ether oxygens (including phenoxy) is 1. The number of carboxylic acids is 1. The molecule has 98 valence electrons. The van der Waals surface area contributed by atoms with Gasteiger partial charge in [0.25, 0.3) is 0 Å². The summed E-state index contributed by atoms with van der Waals surface area (Å²) in [5.41, 5.74) is 6.47. The molecule has 18 heavy (non-hydrogen) atoms. The number of Topliss-reactive ketones (excluding diaryl/α,β-unsaturated/α-hetero) is 1. The maximum Gasteiger partial charge on any atom is 0.328 e. The highest BCUT2D eigenvalue weighted by atomic mass is 16.5. The van der Waals surface area contributed by atoms with E-state index in [1.165, 1.54) is 7.11 Å². The van der Waals surface area contributed by atoms with Gasteiger partial charge < -0.3 is 15.6 Å². The summed E-state index contributed by atoms with van der Waals surface area (Å²) in [6.07, 6.45) is 0. The van der Waals surface area contributed by atoms with Crippen LogP contribution in [0, 0.1) is 0 Å². The molecule has 0 aliphatic heterocycles. The van der Waals surface area contributed by atoms with Gasteiger partial charge in [0.05, 0.1) is 12.7 Å². The maximum absolute atomic E-state index is 12.0. The van der Waals surface area contributed by atoms with E-state index in [0.29, 0.717) is 5.75 Å². The third-order valence-corrected chi connectivity index (χ3v) is 2.70. The Kier molecular flexibility index (Phi) is 4.44. The Morgan fingerprint density at radius 2 is 1.94 bits per heavy atom. The summed E-state index contributed by atoms with van der Waals surface area (Å²) in [4.78, 5) is 22.7. The Labute approximate surface area is 106 Å². The van der Waals surface area contributed by atoms with E-state index in [9.17, 15) is 9.59 Å². The van der Waals surface area contributed by atoms with Crippen molar-refractivity contribution in [3.8, 4) is 5.75 Å². The van der Waals surface area contributed by atoms with E-state index in [4.69, 9.17) is 15.6 Å². The van der Waals surface area contributed by atoms with E-state index in [1.54, 1.807) is 12.1 Å². The van der Waals surface area contributed by atoms with Gasteiger partial charge in [-0.15, -0.1) is 0 Å². The van der Waals surface area contributed by atoms with E-state index in [2.05, 4.69) is 0 Å². The van der Waals surface area contributed by atoms with Crippen molar-refractivity contribution < 1.29 is 19.4 Å². The maximum atomic E-state index is 12.0. The van der Waals surface area contributed by atoms with Crippen LogP contribution in [0.2, 0.25) is 0 Å².